The molecular formula is C17H20F2N6O. The molecule has 1 aromatic carbocycles. The van der Waals surface area contributed by atoms with Crippen molar-refractivity contribution in [2.75, 3.05) is 48.3 Å². The maximum Gasteiger partial charge on any atom is 0.322 e. The molecule has 1 saturated heterocycles. The van der Waals surface area contributed by atoms with Crippen LogP contribution in [0.3, 0.4) is 0 Å². The van der Waals surface area contributed by atoms with Gasteiger partial charge in [0.1, 0.15) is 17.5 Å². The van der Waals surface area contributed by atoms with Crippen LogP contribution in [0.15, 0.2) is 30.3 Å². The number of carbonyl (C=O) groups is 1. The summed E-state index contributed by atoms with van der Waals surface area (Å²) < 4.78 is 26.6. The number of nitrogens with zero attached hydrogens (tertiary/aromatic N) is 4. The Morgan fingerprint density at radius 1 is 1.12 bits per heavy atom. The van der Waals surface area contributed by atoms with Crippen LogP contribution in [-0.2, 0) is 0 Å². The van der Waals surface area contributed by atoms with E-state index in [4.69, 9.17) is 0 Å². The van der Waals surface area contributed by atoms with Gasteiger partial charge in [0.2, 0.25) is 0 Å². The monoisotopic (exact) mass is 362 g/mol. The second-order valence-electron chi connectivity index (χ2n) is 5.84. The lowest BCUT2D eigenvalue weighted by molar-refractivity contribution is 0.208. The summed E-state index contributed by atoms with van der Waals surface area (Å²) in [5.41, 5.74) is -0.0382. The second kappa shape index (κ2) is 7.94. The molecule has 0 atom stereocenters. The standard InChI is InChI=1S/C17H20F2N6O/c1-2-20-15-5-6-16(23-22-15)24-7-9-25(10-8-24)17(26)21-14-4-3-12(18)11-13(14)19/h3-6,11H,2,7-10H2,1H3,(H,20,22)(H,21,26). The third-order valence-electron chi connectivity index (χ3n) is 4.07. The SMILES string of the molecule is CCNc1ccc(N2CCN(C(=O)Nc3ccc(F)cc3F)CC2)nn1. The fourth-order valence-electron chi connectivity index (χ4n) is 2.69. The number of rotatable bonds is 4. The zero-order valence-corrected chi connectivity index (χ0v) is 14.4. The smallest absolute Gasteiger partial charge is 0.322 e. The van der Waals surface area contributed by atoms with Crippen LogP contribution in [0.25, 0.3) is 0 Å². The van der Waals surface area contributed by atoms with E-state index < -0.39 is 17.7 Å². The first-order valence-corrected chi connectivity index (χ1v) is 8.40. The number of urea groups is 1. The van der Waals surface area contributed by atoms with Crippen LogP contribution in [0.2, 0.25) is 0 Å². The third-order valence-corrected chi connectivity index (χ3v) is 4.07. The predicted octanol–water partition coefficient (Wildman–Crippen LogP) is 2.54. The van der Waals surface area contributed by atoms with E-state index in [-0.39, 0.29) is 5.69 Å². The van der Waals surface area contributed by atoms with Gasteiger partial charge in [0.25, 0.3) is 0 Å². The molecule has 0 saturated carbocycles. The van der Waals surface area contributed by atoms with E-state index >= 15 is 0 Å². The topological polar surface area (TPSA) is 73.4 Å². The third kappa shape index (κ3) is 4.16. The molecule has 138 valence electrons. The number of hydrogen-bond donors (Lipinski definition) is 2. The molecule has 1 fully saturated rings. The molecule has 2 heterocycles. The van der Waals surface area contributed by atoms with Crippen molar-refractivity contribution in [3.8, 4) is 0 Å². The zero-order chi connectivity index (χ0) is 18.5. The highest BCUT2D eigenvalue weighted by molar-refractivity contribution is 5.89. The van der Waals surface area contributed by atoms with Crippen LogP contribution < -0.4 is 15.5 Å². The molecule has 0 radical (unpaired) electrons. The Hall–Kier alpha value is -2.97. The summed E-state index contributed by atoms with van der Waals surface area (Å²) >= 11 is 0. The van der Waals surface area contributed by atoms with Crippen molar-refractivity contribution in [2.24, 2.45) is 0 Å². The Bertz CT molecular complexity index is 762. The van der Waals surface area contributed by atoms with Gasteiger partial charge < -0.3 is 20.4 Å². The van der Waals surface area contributed by atoms with Gasteiger partial charge in [-0.15, -0.1) is 10.2 Å². The highest BCUT2D eigenvalue weighted by atomic mass is 19.1. The molecule has 0 aliphatic carbocycles. The molecule has 2 N–H and O–H groups in total. The van der Waals surface area contributed by atoms with Crippen molar-refractivity contribution in [2.45, 2.75) is 6.92 Å². The minimum absolute atomic E-state index is 0.0382. The number of carbonyl (C=O) groups excluding carboxylic acids is 1. The fraction of sp³-hybridized carbons (Fsp3) is 0.353. The van der Waals surface area contributed by atoms with Gasteiger partial charge in [-0.1, -0.05) is 0 Å². The van der Waals surface area contributed by atoms with E-state index in [2.05, 4.69) is 20.8 Å². The Morgan fingerprint density at radius 3 is 2.50 bits per heavy atom. The minimum Gasteiger partial charge on any atom is -0.369 e. The van der Waals surface area contributed by atoms with Crippen LogP contribution in [0.4, 0.5) is 30.9 Å². The molecule has 9 heteroatoms. The molecular weight excluding hydrogens is 342 g/mol. The van der Waals surface area contributed by atoms with E-state index in [1.54, 1.807) is 4.90 Å². The van der Waals surface area contributed by atoms with Crippen molar-refractivity contribution >= 4 is 23.4 Å². The first kappa shape index (κ1) is 17.8. The van der Waals surface area contributed by atoms with Crippen molar-refractivity contribution in [3.63, 3.8) is 0 Å². The Kier molecular flexibility index (Phi) is 5.45. The van der Waals surface area contributed by atoms with Crippen molar-refractivity contribution < 1.29 is 13.6 Å². The molecule has 1 aromatic heterocycles. The van der Waals surface area contributed by atoms with E-state index in [0.717, 1.165) is 30.3 Å². The van der Waals surface area contributed by atoms with Gasteiger partial charge in [0.05, 0.1) is 5.69 Å². The zero-order valence-electron chi connectivity index (χ0n) is 14.4. The van der Waals surface area contributed by atoms with Crippen LogP contribution in [0.1, 0.15) is 6.92 Å². The van der Waals surface area contributed by atoms with Crippen LogP contribution in [0, 0.1) is 11.6 Å². The quantitative estimate of drug-likeness (QED) is 0.874. The number of anilines is 3. The van der Waals surface area contributed by atoms with E-state index in [1.165, 1.54) is 6.07 Å². The summed E-state index contributed by atoms with van der Waals surface area (Å²) in [6.07, 6.45) is 0. The van der Waals surface area contributed by atoms with Crippen molar-refractivity contribution in [1.29, 1.82) is 0 Å². The molecule has 0 unspecified atom stereocenters. The maximum atomic E-state index is 13.6. The molecule has 7 nitrogen and oxygen atoms in total. The van der Waals surface area contributed by atoms with Gasteiger partial charge in [0.15, 0.2) is 5.82 Å². The second-order valence-corrected chi connectivity index (χ2v) is 5.84. The summed E-state index contributed by atoms with van der Waals surface area (Å²) in [4.78, 5) is 15.9. The number of piperazine rings is 1. The average molecular weight is 362 g/mol. The largest absolute Gasteiger partial charge is 0.369 e. The molecule has 0 bridgehead atoms. The Balaban J connectivity index is 1.55. The van der Waals surface area contributed by atoms with Gasteiger partial charge in [-0.3, -0.25) is 0 Å². The number of nitrogens with one attached hydrogen (secondary N) is 2. The average Bonchev–Trinajstić information content (AvgIpc) is 2.65. The van der Waals surface area contributed by atoms with Gasteiger partial charge in [-0.25, -0.2) is 13.6 Å². The summed E-state index contributed by atoms with van der Waals surface area (Å²) in [7, 11) is 0. The summed E-state index contributed by atoms with van der Waals surface area (Å²) in [5, 5.41) is 13.8. The molecule has 3 rings (SSSR count). The molecule has 2 aromatic rings. The van der Waals surface area contributed by atoms with E-state index in [9.17, 15) is 13.6 Å². The van der Waals surface area contributed by atoms with Gasteiger partial charge in [-0.2, -0.15) is 0 Å². The first-order chi connectivity index (χ1) is 12.6. The number of amides is 2. The first-order valence-electron chi connectivity index (χ1n) is 8.40. The Morgan fingerprint density at radius 2 is 1.88 bits per heavy atom. The summed E-state index contributed by atoms with van der Waals surface area (Å²) in [5.74, 6) is -0.0182. The highest BCUT2D eigenvalue weighted by Gasteiger charge is 2.22. The molecule has 2 amide bonds. The number of benzene rings is 1. The normalized spacial score (nSPS) is 14.3. The predicted molar refractivity (Wildman–Crippen MR) is 95.4 cm³/mol. The van der Waals surface area contributed by atoms with Crippen molar-refractivity contribution in [3.05, 3.63) is 42.0 Å². The number of hydrogen-bond acceptors (Lipinski definition) is 5. The lowest BCUT2D eigenvalue weighted by Gasteiger charge is -2.35. The number of halogens is 2. The molecule has 1 aliphatic heterocycles. The van der Waals surface area contributed by atoms with Crippen LogP contribution in [-0.4, -0.2) is 53.9 Å². The van der Waals surface area contributed by atoms with Crippen molar-refractivity contribution in [1.82, 2.24) is 15.1 Å². The minimum atomic E-state index is -0.798. The summed E-state index contributed by atoms with van der Waals surface area (Å²) in [6.45, 7) is 4.87. The van der Waals surface area contributed by atoms with Gasteiger partial charge in [0, 0.05) is 38.8 Å². The van der Waals surface area contributed by atoms with Gasteiger partial charge >= 0.3 is 6.03 Å². The van der Waals surface area contributed by atoms with E-state index in [0.29, 0.717) is 26.2 Å². The van der Waals surface area contributed by atoms with E-state index in [1.807, 2.05) is 24.0 Å². The highest BCUT2D eigenvalue weighted by Crippen LogP contribution is 2.17. The lowest BCUT2D eigenvalue weighted by Crippen LogP contribution is -2.50. The summed E-state index contributed by atoms with van der Waals surface area (Å²) in [6, 6.07) is 6.39. The van der Waals surface area contributed by atoms with Crippen LogP contribution in [0.5, 0.6) is 0 Å². The molecule has 0 spiro atoms. The fourth-order valence-corrected chi connectivity index (χ4v) is 2.69. The van der Waals surface area contributed by atoms with Gasteiger partial charge in [-0.05, 0) is 31.2 Å². The lowest BCUT2D eigenvalue weighted by atomic mass is 10.3. The molecule has 26 heavy (non-hydrogen) atoms. The number of aromatic nitrogens is 2. The molecule has 1 aliphatic rings. The van der Waals surface area contributed by atoms with Crippen LogP contribution >= 0.6 is 0 Å². The Labute approximate surface area is 150 Å². The maximum absolute atomic E-state index is 13.6.